The third-order valence-electron chi connectivity index (χ3n) is 2.50. The fourth-order valence-corrected chi connectivity index (χ4v) is 1.81. The highest BCUT2D eigenvalue weighted by Gasteiger charge is 2.24. The smallest absolute Gasteiger partial charge is 0.150 e. The average molecular weight is 186 g/mol. The van der Waals surface area contributed by atoms with E-state index in [4.69, 9.17) is 4.74 Å². The van der Waals surface area contributed by atoms with Gasteiger partial charge in [0.25, 0.3) is 0 Å². The molecule has 2 aliphatic rings. The minimum atomic E-state index is 0.102. The fraction of sp³-hybridized carbons (Fsp3) is 0.182. The maximum atomic E-state index is 5.49. The highest BCUT2D eigenvalue weighted by Crippen LogP contribution is 2.34. The minimum absolute atomic E-state index is 0.102. The lowest BCUT2D eigenvalue weighted by atomic mass is 10.1. The second kappa shape index (κ2) is 2.87. The molecule has 0 N–H and O–H groups in total. The molecular formula is C11H10N2O. The Hall–Kier alpha value is -1.77. The van der Waals surface area contributed by atoms with Crippen molar-refractivity contribution in [2.75, 3.05) is 6.54 Å². The lowest BCUT2D eigenvalue weighted by Crippen LogP contribution is -2.16. The normalized spacial score (nSPS) is 22.6. The lowest BCUT2D eigenvalue weighted by molar-refractivity contribution is 0.355. The zero-order valence-corrected chi connectivity index (χ0v) is 7.63. The van der Waals surface area contributed by atoms with E-state index in [1.54, 1.807) is 6.26 Å². The zero-order chi connectivity index (χ0) is 9.38. The summed E-state index contributed by atoms with van der Waals surface area (Å²) in [7, 11) is 0. The van der Waals surface area contributed by atoms with Gasteiger partial charge in [-0.15, -0.1) is 0 Å². The van der Waals surface area contributed by atoms with Crippen LogP contribution in [0.5, 0.6) is 5.75 Å². The van der Waals surface area contributed by atoms with Gasteiger partial charge in [-0.25, -0.2) is 0 Å². The maximum Gasteiger partial charge on any atom is 0.150 e. The molecule has 0 aromatic heterocycles. The molecule has 0 saturated heterocycles. The van der Waals surface area contributed by atoms with E-state index >= 15 is 0 Å². The first-order chi connectivity index (χ1) is 6.95. The van der Waals surface area contributed by atoms with Crippen LogP contribution in [0.3, 0.4) is 0 Å². The summed E-state index contributed by atoms with van der Waals surface area (Å²) >= 11 is 0. The third-order valence-corrected chi connectivity index (χ3v) is 2.50. The molecule has 0 bridgehead atoms. The number of hydrogen-bond donors (Lipinski definition) is 0. The first-order valence-corrected chi connectivity index (χ1v) is 4.65. The Bertz CT molecular complexity index is 412. The summed E-state index contributed by atoms with van der Waals surface area (Å²) < 4.78 is 5.49. The summed E-state index contributed by atoms with van der Waals surface area (Å²) in [6, 6.07) is 8.01. The van der Waals surface area contributed by atoms with Gasteiger partial charge in [0.2, 0.25) is 0 Å². The summed E-state index contributed by atoms with van der Waals surface area (Å²) in [5, 5.41) is 0. The van der Waals surface area contributed by atoms with E-state index in [1.807, 2.05) is 30.6 Å². The van der Waals surface area contributed by atoms with E-state index in [0.29, 0.717) is 0 Å². The first kappa shape index (κ1) is 7.62. The van der Waals surface area contributed by atoms with Crippen LogP contribution in [0, 0.1) is 0 Å². The van der Waals surface area contributed by atoms with Crippen LogP contribution >= 0.6 is 0 Å². The van der Waals surface area contributed by atoms with Crippen LogP contribution in [0.25, 0.3) is 0 Å². The Morgan fingerprint density at radius 1 is 1.36 bits per heavy atom. The summed E-state index contributed by atoms with van der Waals surface area (Å²) in [6.07, 6.45) is 5.70. The van der Waals surface area contributed by atoms with Crippen LogP contribution in [0.4, 0.5) is 0 Å². The topological polar surface area (TPSA) is 24.8 Å². The van der Waals surface area contributed by atoms with Crippen molar-refractivity contribution in [2.24, 2.45) is 4.99 Å². The van der Waals surface area contributed by atoms with Gasteiger partial charge in [0.1, 0.15) is 18.2 Å². The number of fused-ring (bicyclic) bond motifs is 3. The van der Waals surface area contributed by atoms with Gasteiger partial charge in [-0.1, -0.05) is 18.2 Å². The van der Waals surface area contributed by atoms with Crippen molar-refractivity contribution in [3.63, 3.8) is 0 Å². The molecule has 1 unspecified atom stereocenters. The van der Waals surface area contributed by atoms with E-state index in [-0.39, 0.29) is 6.17 Å². The van der Waals surface area contributed by atoms with E-state index < -0.39 is 0 Å². The molecule has 0 spiro atoms. The number of hydrogen-bond acceptors (Lipinski definition) is 3. The Morgan fingerprint density at radius 2 is 2.29 bits per heavy atom. The van der Waals surface area contributed by atoms with Crippen molar-refractivity contribution in [3.8, 4) is 5.75 Å². The van der Waals surface area contributed by atoms with Crippen molar-refractivity contribution in [2.45, 2.75) is 6.17 Å². The highest BCUT2D eigenvalue weighted by atomic mass is 16.5. The predicted molar refractivity (Wildman–Crippen MR) is 54.1 cm³/mol. The molecule has 1 aromatic rings. The monoisotopic (exact) mass is 186 g/mol. The number of benzene rings is 1. The second-order valence-corrected chi connectivity index (χ2v) is 3.34. The summed E-state index contributed by atoms with van der Waals surface area (Å²) in [6.45, 7) is 0.860. The molecule has 0 radical (unpaired) electrons. The predicted octanol–water partition coefficient (Wildman–Crippen LogP) is 1.94. The van der Waals surface area contributed by atoms with Crippen molar-refractivity contribution >= 4 is 6.21 Å². The first-order valence-electron chi connectivity index (χ1n) is 4.65. The van der Waals surface area contributed by atoms with Crippen LogP contribution in [-0.4, -0.2) is 17.7 Å². The molecule has 1 atom stereocenters. The molecule has 0 saturated carbocycles. The molecule has 0 aliphatic carbocycles. The van der Waals surface area contributed by atoms with Crippen molar-refractivity contribution in [1.82, 2.24) is 4.90 Å². The zero-order valence-electron chi connectivity index (χ0n) is 7.63. The van der Waals surface area contributed by atoms with Crippen LogP contribution < -0.4 is 4.74 Å². The van der Waals surface area contributed by atoms with Gasteiger partial charge in [-0.2, -0.15) is 0 Å². The molecular weight excluding hydrogens is 176 g/mol. The van der Waals surface area contributed by atoms with Crippen molar-refractivity contribution in [3.05, 3.63) is 42.3 Å². The maximum absolute atomic E-state index is 5.49. The molecule has 0 fully saturated rings. The summed E-state index contributed by atoms with van der Waals surface area (Å²) in [4.78, 5) is 6.57. The van der Waals surface area contributed by atoms with E-state index in [2.05, 4.69) is 16.0 Å². The number of nitrogens with zero attached hydrogens (tertiary/aromatic N) is 2. The van der Waals surface area contributed by atoms with Gasteiger partial charge in [0.15, 0.2) is 0 Å². The Morgan fingerprint density at radius 3 is 3.29 bits per heavy atom. The van der Waals surface area contributed by atoms with Crippen LogP contribution in [0.1, 0.15) is 11.7 Å². The number of rotatable bonds is 0. The number of ether oxygens (including phenoxy) is 1. The van der Waals surface area contributed by atoms with Gasteiger partial charge >= 0.3 is 0 Å². The molecule has 70 valence electrons. The molecule has 3 nitrogen and oxygen atoms in total. The van der Waals surface area contributed by atoms with E-state index in [0.717, 1.165) is 17.9 Å². The Balaban J connectivity index is 2.13. The van der Waals surface area contributed by atoms with E-state index in [1.165, 1.54) is 0 Å². The van der Waals surface area contributed by atoms with Gasteiger partial charge in [-0.3, -0.25) is 4.99 Å². The summed E-state index contributed by atoms with van der Waals surface area (Å²) in [5.41, 5.74) is 1.13. The lowest BCUT2D eigenvalue weighted by Gasteiger charge is -2.19. The second-order valence-electron chi connectivity index (χ2n) is 3.34. The standard InChI is InChI=1S/C11H10N2O/c1-2-4-10-9(3-1)11-12-5-6-13(11)7-8-14-10/h1-5,7-8,11H,6H2. The summed E-state index contributed by atoms with van der Waals surface area (Å²) in [5.74, 6) is 0.898. The van der Waals surface area contributed by atoms with Crippen LogP contribution in [0.15, 0.2) is 41.7 Å². The molecule has 2 aliphatic heterocycles. The van der Waals surface area contributed by atoms with E-state index in [9.17, 15) is 0 Å². The van der Waals surface area contributed by atoms with Gasteiger partial charge in [0, 0.05) is 18.0 Å². The molecule has 1 aromatic carbocycles. The third kappa shape index (κ3) is 1.02. The number of aliphatic imine (C=N–C) groups is 1. The van der Waals surface area contributed by atoms with Gasteiger partial charge in [-0.05, 0) is 6.07 Å². The molecule has 2 heterocycles. The van der Waals surface area contributed by atoms with Gasteiger partial charge in [0.05, 0.1) is 6.54 Å². The largest absolute Gasteiger partial charge is 0.463 e. The molecule has 0 amide bonds. The molecule has 14 heavy (non-hydrogen) atoms. The molecule has 3 heteroatoms. The van der Waals surface area contributed by atoms with Gasteiger partial charge < -0.3 is 9.64 Å². The minimum Gasteiger partial charge on any atom is -0.463 e. The number of para-hydroxylation sites is 1. The Labute approximate surface area is 82.3 Å². The SMILES string of the molecule is C1=CN2CC=NC2c2ccccc2O1. The fourth-order valence-electron chi connectivity index (χ4n) is 1.81. The molecule has 3 rings (SSSR count). The Kier molecular flexibility index (Phi) is 1.56. The van der Waals surface area contributed by atoms with Crippen LogP contribution in [-0.2, 0) is 0 Å². The quantitative estimate of drug-likeness (QED) is 0.618. The van der Waals surface area contributed by atoms with Crippen molar-refractivity contribution < 1.29 is 4.74 Å². The highest BCUT2D eigenvalue weighted by molar-refractivity contribution is 5.63. The van der Waals surface area contributed by atoms with Crippen molar-refractivity contribution in [1.29, 1.82) is 0 Å². The van der Waals surface area contributed by atoms with Crippen LogP contribution in [0.2, 0.25) is 0 Å². The average Bonchev–Trinajstić information content (AvgIpc) is 2.61.